The second-order valence-electron chi connectivity index (χ2n) is 4.55. The highest BCUT2D eigenvalue weighted by atomic mass is 35.5. The SMILES string of the molecule is C[n+]1cccc(CNc2ccc(CCO)c(O)c2)c1.[Cl-]. The number of benzene rings is 1. The second-order valence-corrected chi connectivity index (χ2v) is 4.55. The van der Waals surface area contributed by atoms with Gasteiger partial charge in [-0.05, 0) is 24.1 Å². The summed E-state index contributed by atoms with van der Waals surface area (Å²) in [4.78, 5) is 0. The van der Waals surface area contributed by atoms with E-state index in [0.29, 0.717) is 13.0 Å². The van der Waals surface area contributed by atoms with Crippen molar-refractivity contribution in [3.63, 3.8) is 0 Å². The molecule has 1 aromatic carbocycles. The lowest BCUT2D eigenvalue weighted by Crippen LogP contribution is -3.00. The van der Waals surface area contributed by atoms with E-state index in [4.69, 9.17) is 5.11 Å². The van der Waals surface area contributed by atoms with Crippen molar-refractivity contribution in [2.75, 3.05) is 11.9 Å². The molecule has 2 rings (SSSR count). The fraction of sp³-hybridized carbons (Fsp3) is 0.267. The Morgan fingerprint density at radius 2 is 2.05 bits per heavy atom. The first-order valence-electron chi connectivity index (χ1n) is 6.30. The van der Waals surface area contributed by atoms with Gasteiger partial charge in [0.15, 0.2) is 12.4 Å². The topological polar surface area (TPSA) is 56.4 Å². The van der Waals surface area contributed by atoms with Crippen LogP contribution in [0.2, 0.25) is 0 Å². The molecule has 0 saturated carbocycles. The molecule has 0 bridgehead atoms. The number of aliphatic hydroxyl groups excluding tert-OH is 1. The predicted molar refractivity (Wildman–Crippen MR) is 73.8 cm³/mol. The summed E-state index contributed by atoms with van der Waals surface area (Å²) < 4.78 is 2.00. The van der Waals surface area contributed by atoms with Crippen LogP contribution in [0.4, 0.5) is 5.69 Å². The zero-order chi connectivity index (χ0) is 13.7. The van der Waals surface area contributed by atoms with Gasteiger partial charge in [0, 0.05) is 36.5 Å². The van der Waals surface area contributed by atoms with Gasteiger partial charge in [-0.2, -0.15) is 0 Å². The molecular weight excluding hydrogens is 276 g/mol. The van der Waals surface area contributed by atoms with Crippen molar-refractivity contribution >= 4 is 5.69 Å². The normalized spacial score (nSPS) is 9.90. The molecule has 0 aliphatic heterocycles. The smallest absolute Gasteiger partial charge is 0.173 e. The van der Waals surface area contributed by atoms with Gasteiger partial charge in [-0.15, -0.1) is 0 Å². The van der Waals surface area contributed by atoms with E-state index in [9.17, 15) is 5.11 Å². The molecule has 3 N–H and O–H groups in total. The highest BCUT2D eigenvalue weighted by Crippen LogP contribution is 2.22. The van der Waals surface area contributed by atoms with E-state index in [-0.39, 0.29) is 24.8 Å². The fourth-order valence-electron chi connectivity index (χ4n) is 1.96. The van der Waals surface area contributed by atoms with Crippen LogP contribution < -0.4 is 22.3 Å². The molecule has 1 aromatic heterocycles. The number of pyridine rings is 1. The van der Waals surface area contributed by atoms with Crippen molar-refractivity contribution in [3.8, 4) is 5.75 Å². The number of nitrogens with zero attached hydrogens (tertiary/aromatic N) is 1. The summed E-state index contributed by atoms with van der Waals surface area (Å²) >= 11 is 0. The highest BCUT2D eigenvalue weighted by molar-refractivity contribution is 5.51. The van der Waals surface area contributed by atoms with E-state index in [2.05, 4.69) is 5.32 Å². The number of phenolic OH excluding ortho intramolecular Hbond substituents is 1. The average molecular weight is 295 g/mol. The van der Waals surface area contributed by atoms with Gasteiger partial charge < -0.3 is 27.9 Å². The fourth-order valence-corrected chi connectivity index (χ4v) is 1.96. The molecule has 0 unspecified atom stereocenters. The molecule has 0 spiro atoms. The molecule has 5 heteroatoms. The Hall–Kier alpha value is -1.78. The van der Waals surface area contributed by atoms with Crippen LogP contribution >= 0.6 is 0 Å². The third kappa shape index (κ3) is 4.40. The quantitative estimate of drug-likeness (QED) is 0.580. The zero-order valence-corrected chi connectivity index (χ0v) is 12.1. The van der Waals surface area contributed by atoms with Crippen molar-refractivity contribution in [3.05, 3.63) is 53.9 Å². The van der Waals surface area contributed by atoms with Gasteiger partial charge >= 0.3 is 0 Å². The first-order valence-corrected chi connectivity index (χ1v) is 6.30. The first-order chi connectivity index (χ1) is 9.19. The Bertz CT molecular complexity index is 561. The number of aromatic nitrogens is 1. The molecule has 0 aliphatic carbocycles. The number of anilines is 1. The maximum Gasteiger partial charge on any atom is 0.173 e. The molecule has 2 aromatic rings. The van der Waals surface area contributed by atoms with E-state index >= 15 is 0 Å². The van der Waals surface area contributed by atoms with E-state index in [1.807, 2.05) is 48.3 Å². The average Bonchev–Trinajstić information content (AvgIpc) is 2.39. The number of aromatic hydroxyl groups is 1. The molecule has 0 aliphatic rings. The molecule has 0 amide bonds. The Balaban J connectivity index is 0.00000200. The number of hydrogen-bond acceptors (Lipinski definition) is 3. The van der Waals surface area contributed by atoms with Crippen LogP contribution in [0.1, 0.15) is 11.1 Å². The van der Waals surface area contributed by atoms with E-state index in [1.165, 1.54) is 5.56 Å². The molecule has 1 heterocycles. The summed E-state index contributed by atoms with van der Waals surface area (Å²) in [7, 11) is 1.99. The molecule has 0 saturated heterocycles. The third-order valence-electron chi connectivity index (χ3n) is 2.96. The first kappa shape index (κ1) is 16.3. The van der Waals surface area contributed by atoms with Crippen LogP contribution in [0.15, 0.2) is 42.7 Å². The van der Waals surface area contributed by atoms with E-state index in [0.717, 1.165) is 11.3 Å². The maximum absolute atomic E-state index is 9.81. The molecule has 0 fully saturated rings. The molecule has 0 radical (unpaired) electrons. The molecule has 108 valence electrons. The zero-order valence-electron chi connectivity index (χ0n) is 11.4. The van der Waals surface area contributed by atoms with Gasteiger partial charge in [-0.25, -0.2) is 4.57 Å². The summed E-state index contributed by atoms with van der Waals surface area (Å²) in [5.41, 5.74) is 2.80. The van der Waals surface area contributed by atoms with E-state index < -0.39 is 0 Å². The summed E-state index contributed by atoms with van der Waals surface area (Å²) in [5, 5.41) is 21.9. The highest BCUT2D eigenvalue weighted by Gasteiger charge is 2.03. The van der Waals surface area contributed by atoms with Crippen molar-refractivity contribution < 1.29 is 27.2 Å². The minimum atomic E-state index is 0. The maximum atomic E-state index is 9.81. The monoisotopic (exact) mass is 294 g/mol. The number of aryl methyl sites for hydroxylation is 1. The lowest BCUT2D eigenvalue weighted by molar-refractivity contribution is -0.671. The molecular formula is C15H19ClN2O2. The summed E-state index contributed by atoms with van der Waals surface area (Å²) in [6.07, 6.45) is 4.51. The lowest BCUT2D eigenvalue weighted by Gasteiger charge is -2.08. The van der Waals surface area contributed by atoms with Crippen molar-refractivity contribution in [1.82, 2.24) is 0 Å². The van der Waals surface area contributed by atoms with E-state index in [1.54, 1.807) is 6.07 Å². The number of nitrogens with one attached hydrogen (secondary N) is 1. The Labute approximate surface area is 125 Å². The van der Waals surface area contributed by atoms with Crippen molar-refractivity contribution in [2.45, 2.75) is 13.0 Å². The van der Waals surface area contributed by atoms with Crippen LogP contribution in [-0.2, 0) is 20.0 Å². The third-order valence-corrected chi connectivity index (χ3v) is 2.96. The number of phenols is 1. The Kier molecular flexibility index (Phi) is 6.28. The van der Waals surface area contributed by atoms with Crippen LogP contribution in [0, 0.1) is 0 Å². The van der Waals surface area contributed by atoms with Crippen LogP contribution in [-0.4, -0.2) is 16.8 Å². The second kappa shape index (κ2) is 7.72. The van der Waals surface area contributed by atoms with Crippen LogP contribution in [0.25, 0.3) is 0 Å². The van der Waals surface area contributed by atoms with Crippen molar-refractivity contribution in [2.24, 2.45) is 7.05 Å². The van der Waals surface area contributed by atoms with Crippen LogP contribution in [0.3, 0.4) is 0 Å². The summed E-state index contributed by atoms with van der Waals surface area (Å²) in [5.74, 6) is 0.220. The van der Waals surface area contributed by atoms with Gasteiger partial charge in [0.05, 0.1) is 0 Å². The summed E-state index contributed by atoms with van der Waals surface area (Å²) in [6, 6.07) is 9.48. The lowest BCUT2D eigenvalue weighted by atomic mass is 10.1. The van der Waals surface area contributed by atoms with Gasteiger partial charge in [0.2, 0.25) is 0 Å². The number of rotatable bonds is 5. The minimum Gasteiger partial charge on any atom is -1.00 e. The molecule has 0 atom stereocenters. The molecule has 20 heavy (non-hydrogen) atoms. The van der Waals surface area contributed by atoms with Gasteiger partial charge in [0.25, 0.3) is 0 Å². The van der Waals surface area contributed by atoms with Crippen molar-refractivity contribution in [1.29, 1.82) is 0 Å². The standard InChI is InChI=1S/C15H18N2O2.ClH/c1-17-7-2-3-12(11-17)10-16-14-5-4-13(6-8-18)15(19)9-14;/h2-5,7,9,11,16,18H,6,8,10H2,1H3;1H. The predicted octanol–water partition coefficient (Wildman–Crippen LogP) is -1.63. The largest absolute Gasteiger partial charge is 1.00 e. The van der Waals surface area contributed by atoms with Gasteiger partial charge in [-0.3, -0.25) is 0 Å². The van der Waals surface area contributed by atoms with Gasteiger partial charge in [-0.1, -0.05) is 6.07 Å². The molecule has 4 nitrogen and oxygen atoms in total. The Morgan fingerprint density at radius 3 is 2.70 bits per heavy atom. The minimum absolute atomic E-state index is 0. The van der Waals surface area contributed by atoms with Gasteiger partial charge in [0.1, 0.15) is 12.8 Å². The number of aliphatic hydroxyl groups is 1. The summed E-state index contributed by atoms with van der Waals surface area (Å²) in [6.45, 7) is 0.744. The Morgan fingerprint density at radius 1 is 1.25 bits per heavy atom. The number of halogens is 1. The number of hydrogen-bond donors (Lipinski definition) is 3. The van der Waals surface area contributed by atoms with Crippen LogP contribution in [0.5, 0.6) is 5.75 Å².